The Morgan fingerprint density at radius 2 is 1.91 bits per heavy atom. The largest absolute Gasteiger partial charge is 0.399 e. The van der Waals surface area contributed by atoms with Crippen LogP contribution in [0, 0.1) is 17.2 Å². The maximum absolute atomic E-state index is 12.3. The quantitative estimate of drug-likeness (QED) is 0.721. The Bertz CT molecular complexity index is 556. The van der Waals surface area contributed by atoms with E-state index in [0.29, 0.717) is 25.7 Å². The highest BCUT2D eigenvalue weighted by molar-refractivity contribution is 7.93. The number of halogens is 3. The summed E-state index contributed by atoms with van der Waals surface area (Å²) in [6.07, 6.45) is -4.27. The van der Waals surface area contributed by atoms with E-state index in [4.69, 9.17) is 0 Å². The molecule has 22 heavy (non-hydrogen) atoms. The Morgan fingerprint density at radius 3 is 2.32 bits per heavy atom. The van der Waals surface area contributed by atoms with Gasteiger partial charge < -0.3 is 4.84 Å². The molecule has 1 atom stereocenters. The van der Waals surface area contributed by atoms with Gasteiger partial charge in [0.25, 0.3) is 0 Å². The highest BCUT2D eigenvalue weighted by atomic mass is 32.2. The molecule has 0 N–H and O–H groups in total. The van der Waals surface area contributed by atoms with Crippen LogP contribution in [0.5, 0.6) is 0 Å². The summed E-state index contributed by atoms with van der Waals surface area (Å²) in [5, 5.41) is 13.1. The van der Waals surface area contributed by atoms with Crippen molar-refractivity contribution in [1.82, 2.24) is 0 Å². The molecule has 0 radical (unpaired) electrons. The lowest BCUT2D eigenvalue weighted by molar-refractivity contribution is -0.130. The fraction of sp³-hybridized carbons (Fsp3) is 0.846. The standard InChI is InChI=1S/C13H19F3N2O3S/c1-12(9-17,22(19,20)8-7-13(14,15)16)10-3-5-11(6-4-10)18-21-2/h10H,3-8H2,1-2H3. The van der Waals surface area contributed by atoms with E-state index in [0.717, 1.165) is 5.71 Å². The van der Waals surface area contributed by atoms with Crippen LogP contribution in [0.4, 0.5) is 13.2 Å². The SMILES string of the molecule is CON=C1CCC(C(C)(C#N)S(=O)(=O)CCC(F)(F)F)CC1. The summed E-state index contributed by atoms with van der Waals surface area (Å²) in [5.74, 6) is -1.57. The van der Waals surface area contributed by atoms with Crippen molar-refractivity contribution in [3.05, 3.63) is 0 Å². The molecule has 1 fully saturated rings. The number of oxime groups is 1. The molecule has 0 saturated heterocycles. The minimum Gasteiger partial charge on any atom is -0.399 e. The summed E-state index contributed by atoms with van der Waals surface area (Å²) in [6.45, 7) is 1.22. The predicted octanol–water partition coefficient (Wildman–Crippen LogP) is 2.83. The van der Waals surface area contributed by atoms with Crippen molar-refractivity contribution in [3.8, 4) is 6.07 Å². The lowest BCUT2D eigenvalue weighted by Gasteiger charge is -2.34. The van der Waals surface area contributed by atoms with Gasteiger partial charge in [-0.2, -0.15) is 18.4 Å². The highest BCUT2D eigenvalue weighted by Crippen LogP contribution is 2.38. The smallest absolute Gasteiger partial charge is 0.390 e. The van der Waals surface area contributed by atoms with Crippen molar-refractivity contribution in [2.75, 3.05) is 12.9 Å². The van der Waals surface area contributed by atoms with Crippen LogP contribution in [-0.4, -0.2) is 37.9 Å². The molecule has 0 aromatic carbocycles. The third-order valence-electron chi connectivity index (χ3n) is 4.08. The zero-order valence-electron chi connectivity index (χ0n) is 12.5. The molecule has 0 bridgehead atoms. The van der Waals surface area contributed by atoms with Crippen LogP contribution in [0.1, 0.15) is 39.0 Å². The van der Waals surface area contributed by atoms with Gasteiger partial charge in [0.2, 0.25) is 0 Å². The van der Waals surface area contributed by atoms with Crippen LogP contribution in [0.15, 0.2) is 5.16 Å². The van der Waals surface area contributed by atoms with Gasteiger partial charge in [0.1, 0.15) is 7.11 Å². The number of nitrogens with zero attached hydrogens (tertiary/aromatic N) is 2. The Kier molecular flexibility index (Phi) is 5.84. The first kappa shape index (κ1) is 18.7. The number of nitriles is 1. The van der Waals surface area contributed by atoms with E-state index >= 15 is 0 Å². The molecule has 126 valence electrons. The van der Waals surface area contributed by atoms with E-state index in [9.17, 15) is 26.9 Å². The molecule has 1 unspecified atom stereocenters. The first-order valence-corrected chi connectivity index (χ1v) is 8.50. The fourth-order valence-electron chi connectivity index (χ4n) is 2.60. The van der Waals surface area contributed by atoms with Gasteiger partial charge in [-0.05, 0) is 38.5 Å². The minimum atomic E-state index is -4.56. The van der Waals surface area contributed by atoms with Crippen LogP contribution in [-0.2, 0) is 14.7 Å². The van der Waals surface area contributed by atoms with Gasteiger partial charge in [0.05, 0.1) is 24.0 Å². The van der Waals surface area contributed by atoms with Crippen molar-refractivity contribution in [3.63, 3.8) is 0 Å². The summed E-state index contributed by atoms with van der Waals surface area (Å²) in [5.41, 5.74) is 0.770. The third-order valence-corrected chi connectivity index (χ3v) is 6.54. The molecule has 1 aliphatic rings. The summed E-state index contributed by atoms with van der Waals surface area (Å²) in [4.78, 5) is 4.65. The number of rotatable bonds is 5. The van der Waals surface area contributed by atoms with Crippen molar-refractivity contribution in [2.24, 2.45) is 11.1 Å². The Hall–Kier alpha value is -1.30. The van der Waals surface area contributed by atoms with E-state index < -0.39 is 38.9 Å². The monoisotopic (exact) mass is 340 g/mol. The molecule has 0 aliphatic heterocycles. The van der Waals surface area contributed by atoms with Gasteiger partial charge in [-0.3, -0.25) is 0 Å². The molecule has 0 amide bonds. The lowest BCUT2D eigenvalue weighted by atomic mass is 9.80. The zero-order chi connectivity index (χ0) is 17.0. The van der Waals surface area contributed by atoms with Crippen molar-refractivity contribution < 1.29 is 26.4 Å². The van der Waals surface area contributed by atoms with Crippen molar-refractivity contribution in [2.45, 2.75) is 50.0 Å². The average molecular weight is 340 g/mol. The second kappa shape index (κ2) is 6.86. The van der Waals surface area contributed by atoms with E-state index in [-0.39, 0.29) is 0 Å². The van der Waals surface area contributed by atoms with Gasteiger partial charge in [0.15, 0.2) is 14.6 Å². The molecule has 5 nitrogen and oxygen atoms in total. The normalized spacial score (nSPS) is 22.5. The number of alkyl halides is 3. The summed E-state index contributed by atoms with van der Waals surface area (Å²) < 4.78 is 59.5. The summed E-state index contributed by atoms with van der Waals surface area (Å²) >= 11 is 0. The Labute approximate surface area is 128 Å². The van der Waals surface area contributed by atoms with Gasteiger partial charge in [-0.1, -0.05) is 5.16 Å². The van der Waals surface area contributed by atoms with Gasteiger partial charge >= 0.3 is 6.18 Å². The van der Waals surface area contributed by atoms with Crippen LogP contribution in [0.25, 0.3) is 0 Å². The minimum absolute atomic E-state index is 0.386. The maximum atomic E-state index is 12.3. The molecule has 1 saturated carbocycles. The first-order valence-electron chi connectivity index (χ1n) is 6.85. The second-order valence-corrected chi connectivity index (χ2v) is 8.00. The Balaban J connectivity index is 2.88. The molecule has 0 aromatic heterocycles. The summed E-state index contributed by atoms with van der Waals surface area (Å²) in [7, 11) is -2.78. The van der Waals surface area contributed by atoms with Crippen LogP contribution >= 0.6 is 0 Å². The molecule has 9 heteroatoms. The van der Waals surface area contributed by atoms with Gasteiger partial charge in [-0.25, -0.2) is 8.42 Å². The molecular formula is C13H19F3N2O3S. The second-order valence-electron chi connectivity index (χ2n) is 5.52. The van der Waals surface area contributed by atoms with Crippen molar-refractivity contribution in [1.29, 1.82) is 5.26 Å². The maximum Gasteiger partial charge on any atom is 0.390 e. The molecular weight excluding hydrogens is 321 g/mol. The van der Waals surface area contributed by atoms with E-state index in [1.54, 1.807) is 6.07 Å². The predicted molar refractivity (Wildman–Crippen MR) is 74.9 cm³/mol. The topological polar surface area (TPSA) is 79.5 Å². The number of hydrogen-bond acceptors (Lipinski definition) is 5. The number of sulfone groups is 1. The number of hydrogen-bond donors (Lipinski definition) is 0. The highest BCUT2D eigenvalue weighted by Gasteiger charge is 2.48. The molecule has 0 spiro atoms. The van der Waals surface area contributed by atoms with Crippen LogP contribution in [0.3, 0.4) is 0 Å². The average Bonchev–Trinajstić information content (AvgIpc) is 2.45. The van der Waals surface area contributed by atoms with Gasteiger partial charge in [-0.15, -0.1) is 0 Å². The van der Waals surface area contributed by atoms with Crippen LogP contribution in [0.2, 0.25) is 0 Å². The van der Waals surface area contributed by atoms with Crippen molar-refractivity contribution >= 4 is 15.5 Å². The van der Waals surface area contributed by atoms with Gasteiger partial charge in [0, 0.05) is 0 Å². The van der Waals surface area contributed by atoms with Crippen LogP contribution < -0.4 is 0 Å². The van der Waals surface area contributed by atoms with E-state index in [1.165, 1.54) is 14.0 Å². The summed E-state index contributed by atoms with van der Waals surface area (Å²) in [6, 6.07) is 1.75. The van der Waals surface area contributed by atoms with E-state index in [1.807, 2.05) is 0 Å². The molecule has 1 rings (SSSR count). The molecule has 1 aliphatic carbocycles. The third kappa shape index (κ3) is 4.35. The lowest BCUT2D eigenvalue weighted by Crippen LogP contribution is -2.45. The molecule has 0 aromatic rings. The van der Waals surface area contributed by atoms with E-state index in [2.05, 4.69) is 9.99 Å². The zero-order valence-corrected chi connectivity index (χ0v) is 13.3. The first-order chi connectivity index (χ1) is 10.1. The Morgan fingerprint density at radius 1 is 1.36 bits per heavy atom. The molecule has 0 heterocycles. The fourth-order valence-corrected chi connectivity index (χ4v) is 4.41.